The minimum absolute atomic E-state index is 0.0348. The minimum Gasteiger partial charge on any atom is -0.497 e. The number of likely N-dealkylation sites (N-methyl/N-ethyl adjacent to an activating group) is 1. The largest absolute Gasteiger partial charge is 0.497 e. The molecule has 2 heterocycles. The van der Waals surface area contributed by atoms with E-state index in [0.29, 0.717) is 13.1 Å². The van der Waals surface area contributed by atoms with Crippen LogP contribution < -0.4 is 10.1 Å². The summed E-state index contributed by atoms with van der Waals surface area (Å²) in [5.41, 5.74) is 2.08. The van der Waals surface area contributed by atoms with Gasteiger partial charge in [0, 0.05) is 20.1 Å². The summed E-state index contributed by atoms with van der Waals surface area (Å²) < 4.78 is 5.21. The Morgan fingerprint density at radius 2 is 1.52 bits per heavy atom. The van der Waals surface area contributed by atoms with Crippen molar-refractivity contribution in [1.82, 2.24) is 25.1 Å². The first-order valence-corrected chi connectivity index (χ1v) is 15.3. The first-order chi connectivity index (χ1) is 21.2. The number of rotatable bonds is 8. The van der Waals surface area contributed by atoms with Crippen molar-refractivity contribution in [2.24, 2.45) is 5.92 Å². The predicted octanol–water partition coefficient (Wildman–Crippen LogP) is 4.97. The van der Waals surface area contributed by atoms with Crippen LogP contribution in [0.1, 0.15) is 44.2 Å². The van der Waals surface area contributed by atoms with Crippen LogP contribution in [0, 0.1) is 5.92 Å². The van der Waals surface area contributed by atoms with Crippen LogP contribution in [0.15, 0.2) is 91.0 Å². The van der Waals surface area contributed by atoms with E-state index in [9.17, 15) is 14.4 Å². The van der Waals surface area contributed by atoms with E-state index in [1.165, 1.54) is 0 Å². The summed E-state index contributed by atoms with van der Waals surface area (Å²) in [5.74, 6) is 0.633. The van der Waals surface area contributed by atoms with Gasteiger partial charge in [-0.25, -0.2) is 14.8 Å². The first kappa shape index (κ1) is 32.5. The molecule has 0 aromatic heterocycles. The second kappa shape index (κ2) is 15.4. The molecule has 234 valence electrons. The molecule has 2 unspecified atom stereocenters. The second-order valence-corrected chi connectivity index (χ2v) is 11.5. The Labute approximate surface area is 261 Å². The summed E-state index contributed by atoms with van der Waals surface area (Å²) >= 11 is 0. The van der Waals surface area contributed by atoms with E-state index in [-0.39, 0.29) is 42.8 Å². The van der Waals surface area contributed by atoms with Crippen LogP contribution in [0.5, 0.6) is 5.75 Å². The molecule has 4 amide bonds. The van der Waals surface area contributed by atoms with Crippen molar-refractivity contribution in [1.29, 1.82) is 0 Å². The number of nitrogens with zero attached hydrogens (tertiary/aromatic N) is 4. The van der Waals surface area contributed by atoms with Gasteiger partial charge in [-0.3, -0.25) is 9.59 Å². The highest BCUT2D eigenvalue weighted by molar-refractivity contribution is 5.91. The van der Waals surface area contributed by atoms with Crippen LogP contribution in [0.25, 0.3) is 0 Å². The summed E-state index contributed by atoms with van der Waals surface area (Å²) in [7, 11) is 3.36. The molecule has 3 aromatic carbocycles. The Balaban J connectivity index is 0.000000657. The van der Waals surface area contributed by atoms with Crippen molar-refractivity contribution in [3.63, 3.8) is 0 Å². The van der Waals surface area contributed by atoms with E-state index in [4.69, 9.17) is 4.74 Å². The average Bonchev–Trinajstić information content (AvgIpc) is 3.05. The number of fused-ring (bicyclic) bond motifs is 1. The number of amides is 4. The van der Waals surface area contributed by atoms with Gasteiger partial charge in [-0.1, -0.05) is 106 Å². The summed E-state index contributed by atoms with van der Waals surface area (Å²) in [5, 5.41) is 6.26. The zero-order valence-electron chi connectivity index (χ0n) is 26.4. The number of ether oxygens (including phenoxy) is 1. The molecule has 0 saturated carbocycles. The fourth-order valence-corrected chi connectivity index (χ4v) is 5.76. The lowest BCUT2D eigenvalue weighted by molar-refractivity contribution is -0.190. The van der Waals surface area contributed by atoms with Gasteiger partial charge in [0.15, 0.2) is 0 Å². The van der Waals surface area contributed by atoms with E-state index in [1.54, 1.807) is 29.1 Å². The van der Waals surface area contributed by atoms with E-state index >= 15 is 0 Å². The SMILES string of the molecule is CCC(C)[C@H]1C(=O)N(CC(C)c2ccccc2)C[C@H]2N1C(=O)CN(C)N2C(=O)NCc1ccc(OC)cc1.c1ccccc1. The molecule has 0 bridgehead atoms. The molecule has 9 heteroatoms. The van der Waals surface area contributed by atoms with Crippen molar-refractivity contribution < 1.29 is 19.1 Å². The molecule has 2 aliphatic rings. The molecule has 44 heavy (non-hydrogen) atoms. The Hall–Kier alpha value is -4.37. The lowest BCUT2D eigenvalue weighted by atomic mass is 9.91. The quantitative estimate of drug-likeness (QED) is 0.395. The summed E-state index contributed by atoms with van der Waals surface area (Å²) in [6, 6.07) is 28.7. The fourth-order valence-electron chi connectivity index (χ4n) is 5.76. The molecule has 2 saturated heterocycles. The molecule has 2 fully saturated rings. The van der Waals surface area contributed by atoms with Gasteiger partial charge in [-0.15, -0.1) is 0 Å². The predicted molar refractivity (Wildman–Crippen MR) is 171 cm³/mol. The highest BCUT2D eigenvalue weighted by Gasteiger charge is 2.52. The third-order valence-electron chi connectivity index (χ3n) is 8.39. The van der Waals surface area contributed by atoms with Crippen molar-refractivity contribution in [3.8, 4) is 5.75 Å². The van der Waals surface area contributed by atoms with Gasteiger partial charge in [0.05, 0.1) is 20.2 Å². The Kier molecular flexibility index (Phi) is 11.4. The van der Waals surface area contributed by atoms with Crippen LogP contribution in [0.4, 0.5) is 4.79 Å². The summed E-state index contributed by atoms with van der Waals surface area (Å²) in [4.78, 5) is 44.2. The van der Waals surface area contributed by atoms with Crippen molar-refractivity contribution >= 4 is 17.8 Å². The van der Waals surface area contributed by atoms with Crippen molar-refractivity contribution in [3.05, 3.63) is 102 Å². The van der Waals surface area contributed by atoms with Gasteiger partial charge in [0.25, 0.3) is 0 Å². The molecule has 1 N–H and O–H groups in total. The molecule has 2 aliphatic heterocycles. The molecular formula is C35H45N5O4. The number of hydrazine groups is 1. The molecule has 3 aromatic rings. The summed E-state index contributed by atoms with van der Waals surface area (Å²) in [6.45, 7) is 7.27. The molecular weight excluding hydrogens is 554 g/mol. The maximum absolute atomic E-state index is 13.8. The number of piperazine rings is 1. The molecule has 9 nitrogen and oxygen atoms in total. The maximum atomic E-state index is 13.8. The standard InChI is InChI=1S/C29H39N5O4.C6H6/c1-6-20(2)27-28(36)32(17-21(3)23-10-8-7-9-11-23)18-25-33(27)26(35)19-31(4)34(25)29(37)30-16-22-12-14-24(38-5)15-13-22;1-2-4-6-5-3-1/h7-15,20-21,25,27H,6,16-19H2,1-5H3,(H,30,37);1-6H/t20?,21?,25-,27-;/m0./s1. The van der Waals surface area contributed by atoms with Crippen molar-refractivity contribution in [2.45, 2.75) is 51.9 Å². The monoisotopic (exact) mass is 599 g/mol. The average molecular weight is 600 g/mol. The smallest absolute Gasteiger partial charge is 0.334 e. The molecule has 0 spiro atoms. The normalized spacial score (nSPS) is 19.8. The lowest BCUT2D eigenvalue weighted by Gasteiger charge is -2.55. The first-order valence-electron chi connectivity index (χ1n) is 15.3. The molecule has 5 rings (SSSR count). The van der Waals surface area contributed by atoms with E-state index < -0.39 is 12.2 Å². The minimum atomic E-state index is -0.611. The van der Waals surface area contributed by atoms with Crippen LogP contribution in [0.2, 0.25) is 0 Å². The fraction of sp³-hybridized carbons (Fsp3) is 0.400. The highest BCUT2D eigenvalue weighted by Crippen LogP contribution is 2.31. The van der Waals surface area contributed by atoms with Gasteiger partial charge in [0.1, 0.15) is 18.0 Å². The molecule has 0 radical (unpaired) electrons. The topological polar surface area (TPSA) is 85.4 Å². The van der Waals surface area contributed by atoms with Gasteiger partial charge >= 0.3 is 6.03 Å². The number of methoxy groups -OCH3 is 1. The Morgan fingerprint density at radius 3 is 2.09 bits per heavy atom. The zero-order chi connectivity index (χ0) is 31.6. The van der Waals surface area contributed by atoms with Gasteiger partial charge < -0.3 is 19.9 Å². The Bertz CT molecular complexity index is 1330. The molecule has 0 aliphatic carbocycles. The number of urea groups is 1. The zero-order valence-corrected chi connectivity index (χ0v) is 26.4. The van der Waals surface area contributed by atoms with E-state index in [0.717, 1.165) is 23.3 Å². The number of nitrogens with one attached hydrogen (secondary N) is 1. The summed E-state index contributed by atoms with van der Waals surface area (Å²) in [6.07, 6.45) is 0.158. The van der Waals surface area contributed by atoms with E-state index in [2.05, 4.69) is 24.4 Å². The highest BCUT2D eigenvalue weighted by atomic mass is 16.5. The van der Waals surface area contributed by atoms with Gasteiger partial charge in [-0.2, -0.15) is 0 Å². The van der Waals surface area contributed by atoms with Gasteiger partial charge in [0.2, 0.25) is 11.8 Å². The van der Waals surface area contributed by atoms with Crippen LogP contribution in [0.3, 0.4) is 0 Å². The molecule has 4 atom stereocenters. The third-order valence-corrected chi connectivity index (χ3v) is 8.39. The third kappa shape index (κ3) is 7.77. The van der Waals surface area contributed by atoms with Crippen LogP contribution in [-0.2, 0) is 16.1 Å². The van der Waals surface area contributed by atoms with Crippen molar-refractivity contribution in [2.75, 3.05) is 33.8 Å². The number of carbonyl (C=O) groups excluding carboxylic acids is 3. The number of benzene rings is 3. The second-order valence-electron chi connectivity index (χ2n) is 11.5. The number of hydrogen-bond acceptors (Lipinski definition) is 5. The van der Waals surface area contributed by atoms with Crippen LogP contribution in [-0.4, -0.2) is 83.7 Å². The number of carbonyl (C=O) groups is 3. The van der Waals surface area contributed by atoms with Crippen LogP contribution >= 0.6 is 0 Å². The van der Waals surface area contributed by atoms with E-state index in [1.807, 2.05) is 97.6 Å². The Morgan fingerprint density at radius 1 is 0.932 bits per heavy atom. The lowest BCUT2D eigenvalue weighted by Crippen LogP contribution is -2.76. The maximum Gasteiger partial charge on any atom is 0.334 e. The number of hydrogen-bond donors (Lipinski definition) is 1. The van der Waals surface area contributed by atoms with Gasteiger partial charge in [-0.05, 0) is 35.1 Å².